The Labute approximate surface area is 295 Å². The predicted octanol–water partition coefficient (Wildman–Crippen LogP) is 8.61. The van der Waals surface area contributed by atoms with Crippen molar-refractivity contribution in [3.8, 4) is 5.75 Å². The van der Waals surface area contributed by atoms with Crippen molar-refractivity contribution in [2.45, 2.75) is 67.2 Å². The maximum absolute atomic E-state index is 13.5. The highest BCUT2D eigenvalue weighted by molar-refractivity contribution is 6.30. The van der Waals surface area contributed by atoms with Crippen molar-refractivity contribution in [2.24, 2.45) is 5.41 Å². The Morgan fingerprint density at radius 3 is 2.39 bits per heavy atom. The number of nitrogens with one attached hydrogen (secondary N) is 2. The largest absolute Gasteiger partial charge is 0.497 e. The molecule has 0 fully saturated rings. The van der Waals surface area contributed by atoms with Gasteiger partial charge in [0.05, 0.1) is 19.0 Å². The molecule has 0 atom stereocenters. The number of ether oxygens (including phenoxy) is 1. The second-order valence-corrected chi connectivity index (χ2v) is 13.8. The topological polar surface area (TPSA) is 89.4 Å². The van der Waals surface area contributed by atoms with E-state index < -0.39 is 0 Å². The fraction of sp³-hybridized carbons (Fsp3) is 0.341. The van der Waals surface area contributed by atoms with Gasteiger partial charge in [-0.25, -0.2) is 0 Å². The number of benzene rings is 2. The minimum atomic E-state index is -0.231. The molecule has 0 spiro atoms. The minimum absolute atomic E-state index is 0.0608. The molecule has 0 bridgehead atoms. The molecule has 2 amide bonds. The molecular weight excluding hydrogens is 634 g/mol. The Morgan fingerprint density at radius 1 is 0.980 bits per heavy atom. The van der Waals surface area contributed by atoms with E-state index in [4.69, 9.17) is 16.3 Å². The van der Waals surface area contributed by atoms with E-state index in [9.17, 15) is 14.4 Å². The summed E-state index contributed by atoms with van der Waals surface area (Å²) in [5.41, 5.74) is 7.64. The number of methoxy groups -OCH3 is 1. The third kappa shape index (κ3) is 9.73. The lowest BCUT2D eigenvalue weighted by Crippen LogP contribution is -2.34. The molecule has 7 nitrogen and oxygen atoms in total. The molecule has 1 aliphatic carbocycles. The molecular formula is C41H48ClN3O4. The lowest BCUT2D eigenvalue weighted by molar-refractivity contribution is -0.121. The Morgan fingerprint density at radius 2 is 1.69 bits per heavy atom. The first-order chi connectivity index (χ1) is 23.3. The number of halogens is 1. The zero-order chi connectivity index (χ0) is 35.7. The summed E-state index contributed by atoms with van der Waals surface area (Å²) >= 11 is 6.03. The van der Waals surface area contributed by atoms with Gasteiger partial charge in [0.2, 0.25) is 11.8 Å². The number of carbonyl (C=O) groups is 3. The van der Waals surface area contributed by atoms with Gasteiger partial charge in [-0.3, -0.25) is 19.0 Å². The van der Waals surface area contributed by atoms with Crippen LogP contribution in [0.2, 0.25) is 5.02 Å². The van der Waals surface area contributed by atoms with Crippen molar-refractivity contribution in [3.05, 3.63) is 123 Å². The molecule has 1 aromatic heterocycles. The lowest BCUT2D eigenvalue weighted by Gasteiger charge is -2.32. The molecule has 4 rings (SSSR count). The first kappa shape index (κ1) is 37.2. The van der Waals surface area contributed by atoms with Crippen LogP contribution in [0.15, 0.2) is 101 Å². The summed E-state index contributed by atoms with van der Waals surface area (Å²) in [6.07, 6.45) is 15.5. The monoisotopic (exact) mass is 681 g/mol. The SMILES string of the molecule is COc1ccc2c(c1)c(CC(=O)NCCNC(=O)/C=C(C)/C=C/C=C(C)/C=C/C1=C(C)CCCC1(C)C)c(C)n2C(=O)c1ccc(Cl)cc1. The number of allylic oxidation sites excluding steroid dienone is 9. The molecule has 0 saturated carbocycles. The van der Waals surface area contributed by atoms with Gasteiger partial charge in [-0.1, -0.05) is 67.0 Å². The summed E-state index contributed by atoms with van der Waals surface area (Å²) in [5, 5.41) is 7.01. The molecule has 3 aromatic rings. The van der Waals surface area contributed by atoms with Gasteiger partial charge in [-0.05, 0) is 112 Å². The molecule has 1 heterocycles. The van der Waals surface area contributed by atoms with Crippen molar-refractivity contribution in [1.82, 2.24) is 15.2 Å². The van der Waals surface area contributed by atoms with Gasteiger partial charge in [-0.2, -0.15) is 0 Å². The number of aromatic nitrogens is 1. The van der Waals surface area contributed by atoms with Crippen molar-refractivity contribution in [2.75, 3.05) is 20.2 Å². The minimum Gasteiger partial charge on any atom is -0.497 e. The first-order valence-corrected chi connectivity index (χ1v) is 17.1. The average molecular weight is 682 g/mol. The third-order valence-electron chi connectivity index (χ3n) is 9.05. The smallest absolute Gasteiger partial charge is 0.262 e. The maximum atomic E-state index is 13.5. The fourth-order valence-electron chi connectivity index (χ4n) is 6.34. The third-order valence-corrected chi connectivity index (χ3v) is 9.30. The van der Waals surface area contributed by atoms with E-state index in [2.05, 4.69) is 50.5 Å². The van der Waals surface area contributed by atoms with Gasteiger partial charge in [0.15, 0.2) is 0 Å². The van der Waals surface area contributed by atoms with Crippen LogP contribution in [-0.4, -0.2) is 42.5 Å². The number of amides is 2. The van der Waals surface area contributed by atoms with Crippen molar-refractivity contribution in [1.29, 1.82) is 0 Å². The predicted molar refractivity (Wildman–Crippen MR) is 200 cm³/mol. The van der Waals surface area contributed by atoms with Crippen molar-refractivity contribution >= 4 is 40.2 Å². The van der Waals surface area contributed by atoms with Crippen LogP contribution in [-0.2, 0) is 16.0 Å². The number of nitrogens with zero attached hydrogens (tertiary/aromatic N) is 1. The summed E-state index contributed by atoms with van der Waals surface area (Å²) in [6.45, 7) is 13.2. The van der Waals surface area contributed by atoms with E-state index in [-0.39, 0.29) is 42.6 Å². The van der Waals surface area contributed by atoms with E-state index in [1.165, 1.54) is 30.4 Å². The van der Waals surface area contributed by atoms with Crippen LogP contribution >= 0.6 is 11.6 Å². The molecule has 49 heavy (non-hydrogen) atoms. The zero-order valence-corrected chi connectivity index (χ0v) is 30.5. The van der Waals surface area contributed by atoms with Crippen LogP contribution in [0.4, 0.5) is 0 Å². The molecule has 2 N–H and O–H groups in total. The van der Waals surface area contributed by atoms with Gasteiger partial charge in [0.1, 0.15) is 5.75 Å². The molecule has 1 aliphatic rings. The summed E-state index contributed by atoms with van der Waals surface area (Å²) in [5.74, 6) is -0.0410. The number of rotatable bonds is 12. The summed E-state index contributed by atoms with van der Waals surface area (Å²) in [7, 11) is 1.58. The normalized spacial score (nSPS) is 15.3. The number of carbonyl (C=O) groups excluding carboxylic acids is 3. The van der Waals surface area contributed by atoms with Gasteiger partial charge >= 0.3 is 0 Å². The van der Waals surface area contributed by atoms with Gasteiger partial charge < -0.3 is 15.4 Å². The Bertz CT molecular complexity index is 1870. The van der Waals surface area contributed by atoms with Crippen molar-refractivity contribution < 1.29 is 19.1 Å². The molecule has 0 saturated heterocycles. The average Bonchev–Trinajstić information content (AvgIpc) is 3.32. The Kier molecular flexibility index (Phi) is 12.7. The molecule has 8 heteroatoms. The van der Waals surface area contributed by atoms with Gasteiger partial charge in [0, 0.05) is 40.8 Å². The van der Waals surface area contributed by atoms with Gasteiger partial charge in [0.25, 0.3) is 5.91 Å². The van der Waals surface area contributed by atoms with E-state index in [1.807, 2.05) is 44.2 Å². The van der Waals surface area contributed by atoms with E-state index >= 15 is 0 Å². The Balaban J connectivity index is 1.31. The van der Waals surface area contributed by atoms with E-state index in [0.717, 1.165) is 22.1 Å². The highest BCUT2D eigenvalue weighted by Gasteiger charge is 2.26. The highest BCUT2D eigenvalue weighted by atomic mass is 35.5. The quantitative estimate of drug-likeness (QED) is 0.114. The van der Waals surface area contributed by atoms with Gasteiger partial charge in [-0.15, -0.1) is 0 Å². The Hall–Kier alpha value is -4.62. The first-order valence-electron chi connectivity index (χ1n) is 16.7. The zero-order valence-electron chi connectivity index (χ0n) is 29.7. The number of fused-ring (bicyclic) bond motifs is 1. The van der Waals surface area contributed by atoms with Crippen LogP contribution in [0.1, 0.15) is 75.5 Å². The van der Waals surface area contributed by atoms with E-state index in [1.54, 1.807) is 48.1 Å². The van der Waals surface area contributed by atoms with Crippen LogP contribution < -0.4 is 15.4 Å². The lowest BCUT2D eigenvalue weighted by atomic mass is 9.72. The van der Waals surface area contributed by atoms with E-state index in [0.29, 0.717) is 27.5 Å². The molecule has 258 valence electrons. The standard InChI is InChI=1S/C41H48ClN3O4/c1-27(13-19-36-29(3)12-9-21-41(36,5)6)10-8-11-28(2)24-38(46)43-22-23-44-39(47)26-34-30(4)45(37-20-18-33(49-7)25-35(34)37)40(48)31-14-16-32(42)17-15-31/h8,10-11,13-20,24-25H,9,12,21-23,26H2,1-7H3,(H,43,46)(H,44,47)/b11-8+,19-13+,27-10+,28-24+. The summed E-state index contributed by atoms with van der Waals surface area (Å²) < 4.78 is 7.05. The fourth-order valence-corrected chi connectivity index (χ4v) is 6.47. The molecule has 0 radical (unpaired) electrons. The van der Waals surface area contributed by atoms with Crippen LogP contribution in [0.5, 0.6) is 5.75 Å². The number of hydrogen-bond acceptors (Lipinski definition) is 4. The van der Waals surface area contributed by atoms with Crippen molar-refractivity contribution in [3.63, 3.8) is 0 Å². The summed E-state index contributed by atoms with van der Waals surface area (Å²) in [4.78, 5) is 39.0. The molecule has 0 unspecified atom stereocenters. The summed E-state index contributed by atoms with van der Waals surface area (Å²) in [6, 6.07) is 12.2. The van der Waals surface area contributed by atoms with Crippen LogP contribution in [0.3, 0.4) is 0 Å². The highest BCUT2D eigenvalue weighted by Crippen LogP contribution is 2.40. The second kappa shape index (κ2) is 16.7. The second-order valence-electron chi connectivity index (χ2n) is 13.3. The number of hydrogen-bond donors (Lipinski definition) is 2. The maximum Gasteiger partial charge on any atom is 0.262 e. The van der Waals surface area contributed by atoms with Crippen LogP contribution in [0, 0.1) is 12.3 Å². The molecule has 0 aliphatic heterocycles. The van der Waals surface area contributed by atoms with Crippen LogP contribution in [0.25, 0.3) is 10.9 Å². The molecule has 2 aromatic carbocycles.